The summed E-state index contributed by atoms with van der Waals surface area (Å²) in [5, 5.41) is 12.5. The average molecular weight is 439 g/mol. The zero-order valence-electron chi connectivity index (χ0n) is 16.9. The van der Waals surface area contributed by atoms with E-state index in [4.69, 9.17) is 4.42 Å². The molecule has 0 spiro atoms. The Morgan fingerprint density at radius 1 is 1.25 bits per heavy atom. The van der Waals surface area contributed by atoms with Gasteiger partial charge in [-0.25, -0.2) is 18.3 Å². The van der Waals surface area contributed by atoms with Gasteiger partial charge in [-0.05, 0) is 31.0 Å². The molecule has 1 aliphatic heterocycles. The third-order valence-corrected chi connectivity index (χ3v) is 6.30. The van der Waals surface area contributed by atoms with Crippen molar-refractivity contribution in [3.05, 3.63) is 65.1 Å². The lowest BCUT2D eigenvalue weighted by molar-refractivity contribution is 0.0642. The van der Waals surface area contributed by atoms with Gasteiger partial charge in [0.2, 0.25) is 5.89 Å². The van der Waals surface area contributed by atoms with Crippen LogP contribution in [0, 0.1) is 0 Å². The summed E-state index contributed by atoms with van der Waals surface area (Å²) in [7, 11) is 0. The van der Waals surface area contributed by atoms with Gasteiger partial charge in [-0.3, -0.25) is 4.79 Å². The van der Waals surface area contributed by atoms with E-state index in [1.165, 1.54) is 10.6 Å². The van der Waals surface area contributed by atoms with Crippen LogP contribution >= 0.6 is 0 Å². The van der Waals surface area contributed by atoms with Crippen LogP contribution in [-0.4, -0.2) is 47.1 Å². The van der Waals surface area contributed by atoms with E-state index in [1.807, 2.05) is 0 Å². The van der Waals surface area contributed by atoms with Crippen LogP contribution in [0.4, 0.5) is 8.78 Å². The third-order valence-electron chi connectivity index (χ3n) is 6.30. The van der Waals surface area contributed by atoms with Gasteiger partial charge in [0, 0.05) is 24.6 Å². The van der Waals surface area contributed by atoms with Crippen molar-refractivity contribution in [2.45, 2.75) is 44.1 Å². The zero-order chi connectivity index (χ0) is 21.8. The number of nitrogens with zero attached hydrogens (tertiary/aromatic N) is 6. The number of halogens is 2. The number of fused-ring (bicyclic) bond motifs is 2. The van der Waals surface area contributed by atoms with Gasteiger partial charge in [0.05, 0.1) is 23.2 Å². The normalized spacial score (nSPS) is 18.8. The lowest BCUT2D eigenvalue weighted by atomic mass is 9.85. The molecule has 0 saturated heterocycles. The van der Waals surface area contributed by atoms with E-state index in [0.29, 0.717) is 35.8 Å². The van der Waals surface area contributed by atoms with Crippen LogP contribution in [-0.2, 0) is 6.42 Å². The molecular weight excluding hydrogens is 420 g/mol. The van der Waals surface area contributed by atoms with Crippen molar-refractivity contribution in [1.82, 2.24) is 34.7 Å². The molecule has 1 N–H and O–H groups in total. The minimum absolute atomic E-state index is 0.0760. The molecule has 4 aromatic rings. The number of carbonyl (C=O) groups excluding carboxylic acids is 1. The van der Waals surface area contributed by atoms with E-state index in [1.54, 1.807) is 29.4 Å². The number of H-pyrrole nitrogens is 1. The Labute approximate surface area is 180 Å². The number of aromatic amines is 1. The molecular formula is C21H19F2N7O2. The summed E-state index contributed by atoms with van der Waals surface area (Å²) < 4.78 is 33.9. The molecule has 1 amide bonds. The zero-order valence-corrected chi connectivity index (χ0v) is 16.9. The number of imidazole rings is 1. The van der Waals surface area contributed by atoms with Gasteiger partial charge in [-0.1, -0.05) is 12.5 Å². The fraction of sp³-hybridized carbons (Fsp3) is 0.381. The van der Waals surface area contributed by atoms with Crippen LogP contribution in [0.15, 0.2) is 35.0 Å². The Hall–Kier alpha value is -3.63. The summed E-state index contributed by atoms with van der Waals surface area (Å²) in [6, 6.07) is 5.63. The fourth-order valence-corrected chi connectivity index (χ4v) is 4.41. The highest BCUT2D eigenvalue weighted by Crippen LogP contribution is 2.37. The summed E-state index contributed by atoms with van der Waals surface area (Å²) in [5.41, 5.74) is 2.25. The highest BCUT2D eigenvalue weighted by molar-refractivity contribution is 5.90. The van der Waals surface area contributed by atoms with Gasteiger partial charge < -0.3 is 14.3 Å². The topological polar surface area (TPSA) is 105 Å². The first kappa shape index (κ1) is 19.1. The number of aromatic nitrogens is 6. The highest BCUT2D eigenvalue weighted by atomic mass is 19.3. The number of nitrogens with one attached hydrogen (secondary N) is 1. The number of alkyl halides is 2. The second-order valence-corrected chi connectivity index (χ2v) is 8.15. The Kier molecular flexibility index (Phi) is 4.30. The predicted molar refractivity (Wildman–Crippen MR) is 106 cm³/mol. The standard InChI is InChI=1S/C21H19F2N7O2/c22-18(23)15-6-2-5-12-9-14(28-30(12)15)17-16-13(24-10-25-16)7-8-29(17)21(31)20-27-26-19(32-20)11-3-1-4-11/h2,5-6,9-11,17-18H,1,3-4,7-8H2,(H,24,25). The molecule has 0 aromatic carbocycles. The number of carbonyl (C=O) groups is 1. The minimum atomic E-state index is -2.68. The van der Waals surface area contributed by atoms with Crippen molar-refractivity contribution in [2.24, 2.45) is 0 Å². The van der Waals surface area contributed by atoms with Crippen molar-refractivity contribution in [2.75, 3.05) is 6.54 Å². The molecule has 1 unspecified atom stereocenters. The van der Waals surface area contributed by atoms with E-state index in [9.17, 15) is 13.6 Å². The van der Waals surface area contributed by atoms with E-state index in [-0.39, 0.29) is 17.5 Å². The molecule has 5 heterocycles. The average Bonchev–Trinajstić information content (AvgIpc) is 3.49. The lowest BCUT2D eigenvalue weighted by Crippen LogP contribution is -2.41. The summed E-state index contributed by atoms with van der Waals surface area (Å²) in [5.74, 6) is 0.203. The van der Waals surface area contributed by atoms with Gasteiger partial charge in [-0.2, -0.15) is 5.10 Å². The first-order valence-corrected chi connectivity index (χ1v) is 10.5. The second-order valence-electron chi connectivity index (χ2n) is 8.15. The quantitative estimate of drug-likeness (QED) is 0.522. The van der Waals surface area contributed by atoms with Crippen LogP contribution in [0.2, 0.25) is 0 Å². The number of hydrogen-bond donors (Lipinski definition) is 1. The molecule has 1 atom stereocenters. The molecule has 0 bridgehead atoms. The van der Waals surface area contributed by atoms with Crippen molar-refractivity contribution in [3.8, 4) is 0 Å². The molecule has 164 valence electrons. The molecule has 2 aliphatic rings. The highest BCUT2D eigenvalue weighted by Gasteiger charge is 2.38. The van der Waals surface area contributed by atoms with E-state index < -0.39 is 18.4 Å². The molecule has 4 aromatic heterocycles. The number of amides is 1. The van der Waals surface area contributed by atoms with E-state index in [0.717, 1.165) is 25.0 Å². The third kappa shape index (κ3) is 2.91. The van der Waals surface area contributed by atoms with E-state index >= 15 is 0 Å². The van der Waals surface area contributed by atoms with Crippen LogP contribution < -0.4 is 0 Å². The van der Waals surface area contributed by atoms with Crippen LogP contribution in [0.25, 0.3) is 5.52 Å². The molecule has 9 nitrogen and oxygen atoms in total. The van der Waals surface area contributed by atoms with Crippen LogP contribution in [0.5, 0.6) is 0 Å². The smallest absolute Gasteiger partial charge is 0.312 e. The number of pyridine rings is 1. The molecule has 32 heavy (non-hydrogen) atoms. The van der Waals surface area contributed by atoms with Crippen molar-refractivity contribution in [1.29, 1.82) is 0 Å². The largest absolute Gasteiger partial charge is 0.417 e. The second kappa shape index (κ2) is 7.21. The number of hydrogen-bond acceptors (Lipinski definition) is 6. The SMILES string of the molecule is O=C(c1nnc(C2CCC2)o1)N1CCc2[nH]cnc2C1c1cc2cccc(C(F)F)n2n1. The lowest BCUT2D eigenvalue weighted by Gasteiger charge is -2.32. The first-order chi connectivity index (χ1) is 15.6. The van der Waals surface area contributed by atoms with Crippen LogP contribution in [0.3, 0.4) is 0 Å². The summed E-state index contributed by atoms with van der Waals surface area (Å²) in [6.45, 7) is 0.370. The van der Waals surface area contributed by atoms with Gasteiger partial charge in [-0.15, -0.1) is 10.2 Å². The molecule has 0 radical (unpaired) electrons. The minimum Gasteiger partial charge on any atom is -0.417 e. The monoisotopic (exact) mass is 439 g/mol. The fourth-order valence-electron chi connectivity index (χ4n) is 4.41. The Balaban J connectivity index is 1.42. The van der Waals surface area contributed by atoms with Crippen molar-refractivity contribution in [3.63, 3.8) is 0 Å². The molecule has 1 fully saturated rings. The predicted octanol–water partition coefficient (Wildman–Crippen LogP) is 3.43. The van der Waals surface area contributed by atoms with Gasteiger partial charge >= 0.3 is 11.8 Å². The Bertz CT molecular complexity index is 1310. The van der Waals surface area contributed by atoms with Crippen molar-refractivity contribution < 1.29 is 18.0 Å². The summed E-state index contributed by atoms with van der Waals surface area (Å²) in [4.78, 5) is 22.5. The summed E-state index contributed by atoms with van der Waals surface area (Å²) >= 11 is 0. The molecule has 11 heteroatoms. The van der Waals surface area contributed by atoms with Gasteiger partial charge in [0.1, 0.15) is 11.7 Å². The molecule has 1 saturated carbocycles. The Morgan fingerprint density at radius 2 is 2.12 bits per heavy atom. The number of rotatable bonds is 4. The van der Waals surface area contributed by atoms with Gasteiger partial charge in [0.15, 0.2) is 0 Å². The maximum absolute atomic E-state index is 13.5. The van der Waals surface area contributed by atoms with Crippen LogP contribution in [0.1, 0.15) is 77.0 Å². The van der Waals surface area contributed by atoms with E-state index in [2.05, 4.69) is 25.3 Å². The molecule has 1 aliphatic carbocycles. The Morgan fingerprint density at radius 3 is 2.91 bits per heavy atom. The van der Waals surface area contributed by atoms with Gasteiger partial charge in [0.25, 0.3) is 6.43 Å². The maximum Gasteiger partial charge on any atom is 0.312 e. The molecule has 6 rings (SSSR count). The van der Waals surface area contributed by atoms with Crippen molar-refractivity contribution >= 4 is 11.4 Å². The first-order valence-electron chi connectivity index (χ1n) is 10.5. The maximum atomic E-state index is 13.5. The summed E-state index contributed by atoms with van der Waals surface area (Å²) in [6.07, 6.45) is 2.52.